The molecule has 90 heavy (non-hydrogen) atoms. The van der Waals surface area contributed by atoms with Crippen molar-refractivity contribution in [2.24, 2.45) is 23.7 Å². The molecule has 468 valence electrons. The van der Waals surface area contributed by atoms with Crippen molar-refractivity contribution in [1.82, 2.24) is 0 Å². The minimum atomic E-state index is -0.264. The summed E-state index contributed by atoms with van der Waals surface area (Å²) < 4.78 is 7.09. The number of carbonyl (C=O) groups excluding carboxylic acids is 2. The van der Waals surface area contributed by atoms with E-state index in [0.29, 0.717) is 74.8 Å². The smallest absolute Gasteiger partial charge is 0.270 e. The van der Waals surface area contributed by atoms with Crippen LogP contribution in [0.2, 0.25) is 0 Å². The number of carbonyl (C=O) groups is 2. The Morgan fingerprint density at radius 2 is 0.922 bits per heavy atom. The molecule has 0 saturated heterocycles. The lowest BCUT2D eigenvalue weighted by atomic mass is 9.65. The lowest BCUT2D eigenvalue weighted by Gasteiger charge is -2.37. The molecule has 0 radical (unpaired) electrons. The van der Waals surface area contributed by atoms with Gasteiger partial charge in [-0.2, -0.15) is 0 Å². The standard InChI is InChI=1S/C79H90N4O3S4/c1-15-23-27-51(19-5)35-55-36-56(37-62-71(66(44-80)82-13)58-31-47(9)49(11)33-60(58)73(62)84)87-75(55)69-40-64-76(89-69)77-65(79(64,42-52(20-6)28-24-16-2)43-53(21-7)29-25-17-3)41-70(90-77)78-68(86-46-54(22-8)30-26-18-4)39-57(88-78)38-63-72(67(45-81)83-14)59-32-48(10)50(12)34-61(59)74(63)85/h31-34,36-41,51-54H,15-30,35,42-43,46H2,1-12H3/b62-37-,63-38-,71-66+,72-67-. The second-order valence-corrected chi connectivity index (χ2v) is 30.1. The van der Waals surface area contributed by atoms with Crippen LogP contribution in [-0.2, 0) is 11.8 Å². The molecule has 0 fully saturated rings. The van der Waals surface area contributed by atoms with Crippen LogP contribution in [0.5, 0.6) is 5.75 Å². The molecule has 0 N–H and O–H groups in total. The Bertz CT molecular complexity index is 3950. The Kier molecular flexibility index (Phi) is 22.7. The summed E-state index contributed by atoms with van der Waals surface area (Å²) in [7, 11) is 0. The lowest BCUT2D eigenvalue weighted by Crippen LogP contribution is -2.31. The summed E-state index contributed by atoms with van der Waals surface area (Å²) in [5.41, 5.74) is 11.8. The van der Waals surface area contributed by atoms with Gasteiger partial charge in [-0.15, -0.1) is 45.3 Å². The number of Topliss-reactive ketones (excluding diaryl/α,β-unsaturated/α-hetero) is 2. The summed E-state index contributed by atoms with van der Waals surface area (Å²) in [6, 6.07) is 21.6. The van der Waals surface area contributed by atoms with Crippen molar-refractivity contribution >= 4 is 80.2 Å². The number of nitrogens with zero attached hydrogens (tertiary/aromatic N) is 4. The van der Waals surface area contributed by atoms with Crippen LogP contribution in [0.3, 0.4) is 0 Å². The van der Waals surface area contributed by atoms with Gasteiger partial charge >= 0.3 is 0 Å². The van der Waals surface area contributed by atoms with Gasteiger partial charge in [0.25, 0.3) is 11.4 Å². The fraction of sp³-hybridized carbons (Fsp3) is 0.468. The molecule has 11 heteroatoms. The molecule has 2 aromatic carbocycles. The van der Waals surface area contributed by atoms with E-state index in [2.05, 4.69) is 101 Å². The molecule has 6 aromatic rings. The van der Waals surface area contributed by atoms with Gasteiger partial charge in [0.15, 0.2) is 11.6 Å². The molecule has 4 heterocycles. The fourth-order valence-electron chi connectivity index (χ4n) is 14.2. The van der Waals surface area contributed by atoms with Crippen molar-refractivity contribution in [1.29, 1.82) is 10.5 Å². The minimum absolute atomic E-state index is 0.0614. The number of ketones is 2. The second-order valence-electron chi connectivity index (χ2n) is 25.9. The first-order valence-corrected chi connectivity index (χ1v) is 36.8. The number of rotatable bonds is 29. The quantitative estimate of drug-likeness (QED) is 0.0265. The molecule has 0 aliphatic heterocycles. The van der Waals surface area contributed by atoms with Crippen LogP contribution in [0.1, 0.15) is 252 Å². The highest BCUT2D eigenvalue weighted by Gasteiger charge is 2.49. The number of hydrogen-bond acceptors (Lipinski definition) is 9. The number of ether oxygens (including phenoxy) is 1. The van der Waals surface area contributed by atoms with E-state index in [1.165, 1.54) is 61.9 Å². The van der Waals surface area contributed by atoms with E-state index in [9.17, 15) is 20.1 Å². The SMILES string of the molecule is [C-]#[N+]/C(C#N)=C1\C(=C\c2cc(OCC(CC)CCCC)c(-c3cc4c(s3)-c3sc(-c5sc(/C=C6\C(=O)c7cc(C)c(C)cc7\C6=C(\C#N)[N+]#[C-])cc5CC(CC)CCCC)cc3C4(CC(CC)CCCC)CC(CC)CCCC)s2)C(=O)c2cc(C)c(C)cc21. The van der Waals surface area contributed by atoms with Gasteiger partial charge in [0.2, 0.25) is 0 Å². The van der Waals surface area contributed by atoms with Gasteiger partial charge in [0, 0.05) is 73.0 Å². The van der Waals surface area contributed by atoms with E-state index in [4.69, 9.17) is 17.9 Å². The maximum Gasteiger partial charge on any atom is 0.270 e. The number of allylic oxidation sites excluding steroid dienone is 6. The Labute approximate surface area is 554 Å². The minimum Gasteiger partial charge on any atom is -0.492 e. The molecule has 3 aliphatic rings. The van der Waals surface area contributed by atoms with Crippen LogP contribution in [0, 0.1) is 87.2 Å². The van der Waals surface area contributed by atoms with Crippen molar-refractivity contribution in [3.63, 3.8) is 0 Å². The van der Waals surface area contributed by atoms with E-state index in [1.54, 1.807) is 22.7 Å². The summed E-state index contributed by atoms with van der Waals surface area (Å²) in [6.07, 6.45) is 25.0. The molecule has 0 saturated carbocycles. The fourth-order valence-corrected chi connectivity index (χ4v) is 19.2. The average Bonchev–Trinajstić information content (AvgIpc) is 1.54. The molecule has 4 unspecified atom stereocenters. The van der Waals surface area contributed by atoms with Crippen LogP contribution >= 0.6 is 45.3 Å². The first-order chi connectivity index (χ1) is 43.5. The first kappa shape index (κ1) is 67.7. The Morgan fingerprint density at radius 3 is 1.34 bits per heavy atom. The van der Waals surface area contributed by atoms with Crippen LogP contribution in [0.15, 0.2) is 71.1 Å². The third kappa shape index (κ3) is 13.6. The third-order valence-corrected chi connectivity index (χ3v) is 24.9. The van der Waals surface area contributed by atoms with E-state index in [0.717, 1.165) is 144 Å². The van der Waals surface area contributed by atoms with Crippen molar-refractivity contribution in [2.45, 2.75) is 210 Å². The van der Waals surface area contributed by atoms with Crippen LogP contribution in [0.25, 0.3) is 62.3 Å². The predicted molar refractivity (Wildman–Crippen MR) is 381 cm³/mol. The number of unbranched alkanes of at least 4 members (excludes halogenated alkanes) is 4. The zero-order chi connectivity index (χ0) is 64.6. The first-order valence-electron chi connectivity index (χ1n) is 33.5. The summed E-state index contributed by atoms with van der Waals surface area (Å²) >= 11 is 7.20. The normalized spacial score (nSPS) is 18.2. The van der Waals surface area contributed by atoms with Gasteiger partial charge < -0.3 is 4.74 Å². The highest BCUT2D eigenvalue weighted by molar-refractivity contribution is 7.29. The lowest BCUT2D eigenvalue weighted by molar-refractivity contribution is 0.103. The number of hydrogen-bond donors (Lipinski definition) is 0. The van der Waals surface area contributed by atoms with Crippen LogP contribution in [0.4, 0.5) is 0 Å². The van der Waals surface area contributed by atoms with Gasteiger partial charge in [0.1, 0.15) is 5.75 Å². The Balaban J connectivity index is 1.28. The van der Waals surface area contributed by atoms with Crippen LogP contribution in [-0.4, -0.2) is 18.2 Å². The largest absolute Gasteiger partial charge is 0.492 e. The summed E-state index contributed by atoms with van der Waals surface area (Å²) in [5.74, 6) is 2.38. The average molecular weight is 1270 g/mol. The molecule has 0 spiro atoms. The zero-order valence-corrected chi connectivity index (χ0v) is 58.6. The third-order valence-electron chi connectivity index (χ3n) is 19.9. The van der Waals surface area contributed by atoms with E-state index in [-0.39, 0.29) is 28.4 Å². The van der Waals surface area contributed by atoms with Crippen molar-refractivity contribution < 1.29 is 14.3 Å². The van der Waals surface area contributed by atoms with Crippen LogP contribution < -0.4 is 4.74 Å². The summed E-state index contributed by atoms with van der Waals surface area (Å²) in [6.45, 7) is 43.3. The number of benzene rings is 2. The molecule has 0 bridgehead atoms. The molecule has 0 amide bonds. The Hall–Kier alpha value is -6.70. The van der Waals surface area contributed by atoms with Gasteiger partial charge in [-0.3, -0.25) is 9.59 Å². The molecule has 4 atom stereocenters. The van der Waals surface area contributed by atoms with Crippen molar-refractivity contribution in [2.75, 3.05) is 6.61 Å². The number of aryl methyl sites for hydroxylation is 4. The highest BCUT2D eigenvalue weighted by atomic mass is 32.1. The summed E-state index contributed by atoms with van der Waals surface area (Å²) in [5, 5.41) is 20.8. The van der Waals surface area contributed by atoms with E-state index < -0.39 is 0 Å². The maximum atomic E-state index is 14.7. The zero-order valence-electron chi connectivity index (χ0n) is 55.4. The number of nitriles is 2. The monoisotopic (exact) mass is 1270 g/mol. The topological polar surface area (TPSA) is 99.7 Å². The molecule has 9 rings (SSSR count). The van der Waals surface area contributed by atoms with Crippen molar-refractivity contribution in [3.05, 3.63) is 165 Å². The van der Waals surface area contributed by atoms with Gasteiger partial charge in [-0.25, -0.2) is 20.2 Å². The highest BCUT2D eigenvalue weighted by Crippen LogP contribution is 2.64. The predicted octanol–water partition coefficient (Wildman–Crippen LogP) is 24.2. The van der Waals surface area contributed by atoms with Gasteiger partial charge in [-0.05, 0) is 176 Å². The summed E-state index contributed by atoms with van der Waals surface area (Å²) in [4.78, 5) is 45.9. The molecule has 7 nitrogen and oxygen atoms in total. The van der Waals surface area contributed by atoms with E-state index >= 15 is 0 Å². The number of thiophene rings is 4. The van der Waals surface area contributed by atoms with E-state index in [1.807, 2.05) is 86.8 Å². The number of fused-ring (bicyclic) bond motifs is 5. The Morgan fingerprint density at radius 1 is 0.522 bits per heavy atom. The molecule has 4 aromatic heterocycles. The van der Waals surface area contributed by atoms with Gasteiger partial charge in [0.05, 0.1) is 36.8 Å². The molecular weight excluding hydrogens is 1180 g/mol. The maximum absolute atomic E-state index is 14.7. The van der Waals surface area contributed by atoms with Crippen molar-refractivity contribution in [3.8, 4) is 47.2 Å². The second kappa shape index (κ2) is 30.2. The molecule has 3 aliphatic carbocycles. The molecular formula is C79H90N4O3S4. The van der Waals surface area contributed by atoms with Gasteiger partial charge in [-0.1, -0.05) is 164 Å².